The van der Waals surface area contributed by atoms with E-state index in [2.05, 4.69) is 13.5 Å². The topological polar surface area (TPSA) is 158 Å². The molecule has 2 rings (SSSR count). The number of hydrogen-bond acceptors (Lipinski definition) is 10. The van der Waals surface area contributed by atoms with E-state index in [0.717, 1.165) is 19.3 Å². The van der Waals surface area contributed by atoms with E-state index < -0.39 is 61.4 Å². The van der Waals surface area contributed by atoms with Gasteiger partial charge in [-0.05, 0) is 6.42 Å². The predicted octanol–water partition coefficient (Wildman–Crippen LogP) is -1.60. The molecule has 0 spiro atoms. The first-order valence-corrected chi connectivity index (χ1v) is 10.0. The van der Waals surface area contributed by atoms with Crippen LogP contribution in [0.3, 0.4) is 0 Å². The van der Waals surface area contributed by atoms with Crippen LogP contribution in [-0.4, -0.2) is 105 Å². The van der Waals surface area contributed by atoms with Crippen molar-refractivity contribution in [3.8, 4) is 0 Å². The van der Waals surface area contributed by atoms with Crippen molar-refractivity contribution in [2.75, 3.05) is 13.2 Å². The van der Waals surface area contributed by atoms with Gasteiger partial charge in [0.2, 0.25) is 0 Å². The molecule has 0 bridgehead atoms. The summed E-state index contributed by atoms with van der Waals surface area (Å²) in [5, 5.41) is 59.6. The Morgan fingerprint density at radius 1 is 0.966 bits per heavy atom. The molecule has 2 saturated heterocycles. The van der Waals surface area contributed by atoms with Gasteiger partial charge in [-0.3, -0.25) is 0 Å². The van der Waals surface area contributed by atoms with Crippen molar-refractivity contribution < 1.29 is 49.6 Å². The average molecular weight is 422 g/mol. The van der Waals surface area contributed by atoms with Crippen molar-refractivity contribution in [3.63, 3.8) is 0 Å². The lowest BCUT2D eigenvalue weighted by molar-refractivity contribution is -0.325. The van der Waals surface area contributed by atoms with Crippen molar-refractivity contribution in [1.82, 2.24) is 0 Å². The third kappa shape index (κ3) is 6.41. The quantitative estimate of drug-likeness (QED) is 0.179. The van der Waals surface area contributed by atoms with Gasteiger partial charge in [-0.15, -0.1) is 6.58 Å². The van der Waals surface area contributed by atoms with Gasteiger partial charge in [-0.1, -0.05) is 32.3 Å². The third-order valence-electron chi connectivity index (χ3n) is 5.21. The molecule has 0 aromatic rings. The molecule has 2 aliphatic heterocycles. The van der Waals surface area contributed by atoms with Crippen LogP contribution in [0, 0.1) is 0 Å². The number of rotatable bonds is 10. The second kappa shape index (κ2) is 11.7. The van der Waals surface area contributed by atoms with Gasteiger partial charge in [0, 0.05) is 0 Å². The Hall–Kier alpha value is -0.660. The van der Waals surface area contributed by atoms with Crippen LogP contribution in [-0.2, 0) is 18.9 Å². The number of unbranched alkanes of at least 4 members (excludes halogenated alkanes) is 2. The molecule has 0 saturated carbocycles. The van der Waals surface area contributed by atoms with Crippen molar-refractivity contribution in [1.29, 1.82) is 0 Å². The molecule has 2 aliphatic rings. The minimum absolute atomic E-state index is 0.233. The Morgan fingerprint density at radius 2 is 1.66 bits per heavy atom. The number of aliphatic hydroxyl groups excluding tert-OH is 6. The zero-order valence-corrected chi connectivity index (χ0v) is 16.6. The van der Waals surface area contributed by atoms with Crippen molar-refractivity contribution in [2.45, 2.75) is 94.0 Å². The molecular formula is C19H34O10. The van der Waals surface area contributed by atoms with Crippen LogP contribution >= 0.6 is 0 Å². The molecule has 0 amide bonds. The van der Waals surface area contributed by atoms with Gasteiger partial charge < -0.3 is 49.6 Å². The largest absolute Gasteiger partial charge is 0.388 e. The molecule has 0 aromatic heterocycles. The Morgan fingerprint density at radius 3 is 2.31 bits per heavy atom. The summed E-state index contributed by atoms with van der Waals surface area (Å²) in [5.41, 5.74) is 0. The number of ether oxygens (including phenoxy) is 4. The fraction of sp³-hybridized carbons (Fsp3) is 0.895. The Kier molecular flexibility index (Phi) is 9.89. The highest BCUT2D eigenvalue weighted by atomic mass is 16.7. The van der Waals surface area contributed by atoms with Crippen molar-refractivity contribution in [2.24, 2.45) is 0 Å². The zero-order valence-electron chi connectivity index (χ0n) is 16.6. The molecule has 29 heavy (non-hydrogen) atoms. The summed E-state index contributed by atoms with van der Waals surface area (Å²) < 4.78 is 21.8. The normalized spacial score (nSPS) is 41.8. The van der Waals surface area contributed by atoms with Gasteiger partial charge >= 0.3 is 0 Å². The maximum absolute atomic E-state index is 10.2. The van der Waals surface area contributed by atoms with Gasteiger partial charge in [0.15, 0.2) is 12.6 Å². The molecule has 2 fully saturated rings. The summed E-state index contributed by atoms with van der Waals surface area (Å²) in [6.45, 7) is 5.24. The lowest BCUT2D eigenvalue weighted by Crippen LogP contribution is -2.60. The van der Waals surface area contributed by atoms with Crippen molar-refractivity contribution in [3.05, 3.63) is 12.7 Å². The summed E-state index contributed by atoms with van der Waals surface area (Å²) in [5.74, 6) is 0. The molecule has 10 atom stereocenters. The second-order valence-corrected chi connectivity index (χ2v) is 7.50. The highest BCUT2D eigenvalue weighted by Gasteiger charge is 2.46. The molecule has 0 aromatic carbocycles. The van der Waals surface area contributed by atoms with Gasteiger partial charge in [0.05, 0.1) is 19.3 Å². The molecule has 170 valence electrons. The van der Waals surface area contributed by atoms with Crippen LogP contribution in [0.1, 0.15) is 32.6 Å². The first-order valence-electron chi connectivity index (χ1n) is 10.0. The maximum Gasteiger partial charge on any atom is 0.187 e. The van der Waals surface area contributed by atoms with E-state index >= 15 is 0 Å². The second-order valence-electron chi connectivity index (χ2n) is 7.50. The standard InChI is InChI=1S/C19H34O10/c1-3-5-6-7-10(4-2)28-19-17(25)15(23)14(22)12(29-19)9-27-18-16(24)13(21)11(20)8-26-18/h4,10-25H,2-3,5-9H2,1H3/t10-,11+,12-,13+,14-,15+,16-,17-,18+,19-/m1/s1. The lowest BCUT2D eigenvalue weighted by Gasteiger charge is -2.42. The van der Waals surface area contributed by atoms with Gasteiger partial charge in [-0.2, -0.15) is 0 Å². The number of aliphatic hydroxyl groups is 6. The van der Waals surface area contributed by atoms with Gasteiger partial charge in [0.25, 0.3) is 0 Å². The highest BCUT2D eigenvalue weighted by molar-refractivity contribution is 4.91. The smallest absolute Gasteiger partial charge is 0.187 e. The Labute approximate surface area is 170 Å². The molecule has 0 radical (unpaired) electrons. The van der Waals surface area contributed by atoms with E-state index in [0.29, 0.717) is 6.42 Å². The maximum atomic E-state index is 10.2. The molecule has 0 unspecified atom stereocenters. The minimum atomic E-state index is -1.53. The summed E-state index contributed by atoms with van der Waals surface area (Å²) in [7, 11) is 0. The average Bonchev–Trinajstić information content (AvgIpc) is 2.71. The van der Waals surface area contributed by atoms with Crippen LogP contribution in [0.15, 0.2) is 12.7 Å². The van der Waals surface area contributed by atoms with E-state index in [-0.39, 0.29) is 13.2 Å². The number of hydrogen-bond donors (Lipinski definition) is 6. The molecule has 6 N–H and O–H groups in total. The Balaban J connectivity index is 1.93. The highest BCUT2D eigenvalue weighted by Crippen LogP contribution is 2.26. The van der Waals surface area contributed by atoms with Gasteiger partial charge in [-0.25, -0.2) is 0 Å². The summed E-state index contributed by atoms with van der Waals surface area (Å²) >= 11 is 0. The van der Waals surface area contributed by atoms with Crippen LogP contribution in [0.5, 0.6) is 0 Å². The lowest BCUT2D eigenvalue weighted by atomic mass is 9.99. The SMILES string of the molecule is C=C[C@H](CCCCC)O[C@@H]1O[C@H](CO[C@@H]2OC[C@H](O)[C@H](O)[C@H]2O)[C@@H](O)[C@H](O)[C@H]1O. The zero-order chi connectivity index (χ0) is 21.6. The van der Waals surface area contributed by atoms with Crippen molar-refractivity contribution >= 4 is 0 Å². The third-order valence-corrected chi connectivity index (χ3v) is 5.21. The molecule has 0 aliphatic carbocycles. The first kappa shape index (κ1) is 24.6. The predicted molar refractivity (Wildman–Crippen MR) is 99.6 cm³/mol. The van der Waals surface area contributed by atoms with E-state index in [1.165, 1.54) is 0 Å². The molecule has 10 nitrogen and oxygen atoms in total. The van der Waals surface area contributed by atoms with E-state index in [9.17, 15) is 30.6 Å². The minimum Gasteiger partial charge on any atom is -0.388 e. The van der Waals surface area contributed by atoms with Crippen LogP contribution in [0.25, 0.3) is 0 Å². The van der Waals surface area contributed by atoms with Crippen LogP contribution < -0.4 is 0 Å². The molecular weight excluding hydrogens is 388 g/mol. The first-order chi connectivity index (χ1) is 13.8. The fourth-order valence-electron chi connectivity index (χ4n) is 3.29. The molecule has 2 heterocycles. The van der Waals surface area contributed by atoms with E-state index in [4.69, 9.17) is 18.9 Å². The van der Waals surface area contributed by atoms with Crippen LogP contribution in [0.2, 0.25) is 0 Å². The summed E-state index contributed by atoms with van der Waals surface area (Å²) in [6, 6.07) is 0. The summed E-state index contributed by atoms with van der Waals surface area (Å²) in [6.07, 6.45) is -7.36. The monoisotopic (exact) mass is 422 g/mol. The molecule has 10 heteroatoms. The fourth-order valence-corrected chi connectivity index (χ4v) is 3.29. The Bertz CT molecular complexity index is 492. The van der Waals surface area contributed by atoms with E-state index in [1.54, 1.807) is 6.08 Å². The summed E-state index contributed by atoms with van der Waals surface area (Å²) in [4.78, 5) is 0. The van der Waals surface area contributed by atoms with Crippen LogP contribution in [0.4, 0.5) is 0 Å². The van der Waals surface area contributed by atoms with Gasteiger partial charge in [0.1, 0.15) is 42.7 Å². The van der Waals surface area contributed by atoms with E-state index in [1.807, 2.05) is 0 Å².